The first-order valence-electron chi connectivity index (χ1n) is 11.4. The lowest BCUT2D eigenvalue weighted by Gasteiger charge is -2.37. The van der Waals surface area contributed by atoms with E-state index in [9.17, 15) is 4.79 Å². The predicted molar refractivity (Wildman–Crippen MR) is 135 cm³/mol. The van der Waals surface area contributed by atoms with Gasteiger partial charge in [-0.25, -0.2) is 4.99 Å². The summed E-state index contributed by atoms with van der Waals surface area (Å²) in [5, 5.41) is 6.96. The molecule has 1 aliphatic carbocycles. The molecule has 8 heteroatoms. The maximum atomic E-state index is 12.0. The van der Waals surface area contributed by atoms with Crippen molar-refractivity contribution in [2.45, 2.75) is 52.4 Å². The number of guanidine groups is 1. The molecule has 0 spiro atoms. The quantitative estimate of drug-likeness (QED) is 0.205. The van der Waals surface area contributed by atoms with Crippen molar-refractivity contribution in [3.63, 3.8) is 0 Å². The molecular weight excluding hydrogens is 493 g/mol. The number of amides is 1. The Morgan fingerprint density at radius 2 is 1.80 bits per heavy atom. The van der Waals surface area contributed by atoms with Gasteiger partial charge < -0.3 is 20.3 Å². The lowest BCUT2D eigenvalue weighted by molar-refractivity contribution is -0.127. The molecule has 2 rings (SSSR count). The molecule has 0 unspecified atom stereocenters. The van der Waals surface area contributed by atoms with Crippen molar-refractivity contribution in [3.8, 4) is 0 Å². The van der Waals surface area contributed by atoms with Crippen LogP contribution in [0.3, 0.4) is 0 Å². The first kappa shape index (κ1) is 27.4. The fraction of sp³-hybridized carbons (Fsp3) is 0.909. The maximum absolute atomic E-state index is 12.0. The van der Waals surface area contributed by atoms with Gasteiger partial charge in [-0.1, -0.05) is 33.1 Å². The van der Waals surface area contributed by atoms with E-state index in [1.165, 1.54) is 32.1 Å². The van der Waals surface area contributed by atoms with Gasteiger partial charge in [-0.3, -0.25) is 9.69 Å². The summed E-state index contributed by atoms with van der Waals surface area (Å²) in [5.74, 6) is 1.53. The van der Waals surface area contributed by atoms with Crippen molar-refractivity contribution < 1.29 is 9.53 Å². The van der Waals surface area contributed by atoms with Gasteiger partial charge in [0, 0.05) is 40.3 Å². The second-order valence-corrected chi connectivity index (χ2v) is 9.36. The van der Waals surface area contributed by atoms with Gasteiger partial charge in [0.25, 0.3) is 0 Å². The van der Waals surface area contributed by atoms with Crippen molar-refractivity contribution in [2.75, 3.05) is 66.6 Å². The predicted octanol–water partition coefficient (Wildman–Crippen LogP) is 2.56. The van der Waals surface area contributed by atoms with E-state index < -0.39 is 0 Å². The Labute approximate surface area is 200 Å². The second-order valence-electron chi connectivity index (χ2n) is 9.36. The average molecular weight is 538 g/mol. The number of nitrogens with zero attached hydrogens (tertiary/aromatic N) is 3. The van der Waals surface area contributed by atoms with E-state index in [4.69, 9.17) is 4.74 Å². The van der Waals surface area contributed by atoms with E-state index in [0.717, 1.165) is 64.2 Å². The third-order valence-electron chi connectivity index (χ3n) is 6.34. The van der Waals surface area contributed by atoms with E-state index in [1.807, 2.05) is 0 Å². The Morgan fingerprint density at radius 3 is 2.43 bits per heavy atom. The minimum Gasteiger partial charge on any atom is -0.379 e. The molecule has 1 aliphatic heterocycles. The summed E-state index contributed by atoms with van der Waals surface area (Å²) < 4.78 is 5.41. The summed E-state index contributed by atoms with van der Waals surface area (Å²) >= 11 is 0. The number of hydrogen-bond acceptors (Lipinski definition) is 4. The number of rotatable bonds is 9. The monoisotopic (exact) mass is 537 g/mol. The van der Waals surface area contributed by atoms with Crippen LogP contribution in [0.15, 0.2) is 4.99 Å². The summed E-state index contributed by atoms with van der Waals surface area (Å²) in [4.78, 5) is 20.6. The lowest BCUT2D eigenvalue weighted by Crippen LogP contribution is -2.46. The third-order valence-corrected chi connectivity index (χ3v) is 6.34. The number of likely N-dealkylation sites (N-methyl/N-ethyl adjacent to an activating group) is 1. The van der Waals surface area contributed by atoms with Gasteiger partial charge in [0.05, 0.1) is 13.2 Å². The molecule has 1 heterocycles. The molecule has 0 atom stereocenters. The fourth-order valence-electron chi connectivity index (χ4n) is 4.14. The summed E-state index contributed by atoms with van der Waals surface area (Å²) in [6.45, 7) is 11.4. The molecule has 0 radical (unpaired) electrons. The molecule has 1 amide bonds. The van der Waals surface area contributed by atoms with Crippen LogP contribution in [-0.2, 0) is 9.53 Å². The minimum atomic E-state index is 0. The van der Waals surface area contributed by atoms with Crippen molar-refractivity contribution in [1.29, 1.82) is 0 Å². The average Bonchev–Trinajstić information content (AvgIpc) is 2.73. The molecule has 2 fully saturated rings. The van der Waals surface area contributed by atoms with Gasteiger partial charge in [0.2, 0.25) is 5.91 Å². The molecule has 1 saturated heterocycles. The Hall–Kier alpha value is -0.610. The topological polar surface area (TPSA) is 69.2 Å². The van der Waals surface area contributed by atoms with Crippen LogP contribution in [-0.4, -0.2) is 88.2 Å². The normalized spacial score (nSPS) is 19.1. The molecule has 2 N–H and O–H groups in total. The van der Waals surface area contributed by atoms with E-state index in [1.54, 1.807) is 19.0 Å². The molecule has 176 valence electrons. The highest BCUT2D eigenvalue weighted by molar-refractivity contribution is 14.0. The number of carbonyl (C=O) groups excluding carboxylic acids is 1. The van der Waals surface area contributed by atoms with Crippen LogP contribution in [0.5, 0.6) is 0 Å². The second kappa shape index (κ2) is 14.5. The van der Waals surface area contributed by atoms with Gasteiger partial charge in [-0.15, -0.1) is 24.0 Å². The zero-order valence-corrected chi connectivity index (χ0v) is 21.9. The highest BCUT2D eigenvalue weighted by Crippen LogP contribution is 2.37. The van der Waals surface area contributed by atoms with Gasteiger partial charge in [0.1, 0.15) is 6.54 Å². The minimum absolute atomic E-state index is 0. The van der Waals surface area contributed by atoms with Crippen LogP contribution in [0, 0.1) is 11.3 Å². The van der Waals surface area contributed by atoms with Crippen LogP contribution < -0.4 is 10.6 Å². The fourth-order valence-corrected chi connectivity index (χ4v) is 4.14. The molecule has 0 aromatic heterocycles. The lowest BCUT2D eigenvalue weighted by atomic mass is 9.71. The zero-order valence-electron chi connectivity index (χ0n) is 19.5. The third kappa shape index (κ3) is 10.1. The van der Waals surface area contributed by atoms with Crippen LogP contribution in [0.2, 0.25) is 0 Å². The number of morpholine rings is 1. The molecule has 0 aromatic rings. The van der Waals surface area contributed by atoms with Crippen molar-refractivity contribution in [3.05, 3.63) is 0 Å². The largest absolute Gasteiger partial charge is 0.379 e. The van der Waals surface area contributed by atoms with Crippen molar-refractivity contribution >= 4 is 35.8 Å². The van der Waals surface area contributed by atoms with E-state index >= 15 is 0 Å². The Balaban J connectivity index is 0.00000450. The highest BCUT2D eigenvalue weighted by atomic mass is 127. The molecule has 7 nitrogen and oxygen atoms in total. The van der Waals surface area contributed by atoms with E-state index in [-0.39, 0.29) is 41.8 Å². The first-order valence-corrected chi connectivity index (χ1v) is 11.4. The molecule has 0 aromatic carbocycles. The smallest absolute Gasteiger partial charge is 0.243 e. The number of ether oxygens (including phenoxy) is 1. The van der Waals surface area contributed by atoms with E-state index in [0.29, 0.717) is 0 Å². The zero-order chi connectivity index (χ0) is 21.1. The number of hydrogen-bond donors (Lipinski definition) is 2. The van der Waals surface area contributed by atoms with Gasteiger partial charge in [-0.05, 0) is 37.1 Å². The van der Waals surface area contributed by atoms with Crippen molar-refractivity contribution in [2.24, 2.45) is 16.3 Å². The number of aliphatic imine (C=N–C) groups is 1. The van der Waals surface area contributed by atoms with Crippen LogP contribution >= 0.6 is 24.0 Å². The van der Waals surface area contributed by atoms with Crippen LogP contribution in [0.4, 0.5) is 0 Å². The highest BCUT2D eigenvalue weighted by Gasteiger charge is 2.30. The number of carbonyl (C=O) groups is 1. The van der Waals surface area contributed by atoms with Gasteiger partial charge in [-0.2, -0.15) is 0 Å². The summed E-state index contributed by atoms with van der Waals surface area (Å²) in [5.41, 5.74) is 0.224. The SMILES string of the molecule is CN(C)C(=O)CN=C(NCCCN1CCOCC1)NCC(C)(C)C1CCCCC1.I. The Morgan fingerprint density at radius 1 is 1.13 bits per heavy atom. The summed E-state index contributed by atoms with van der Waals surface area (Å²) in [6.07, 6.45) is 7.79. The molecular formula is C22H44IN5O2. The molecule has 30 heavy (non-hydrogen) atoms. The first-order chi connectivity index (χ1) is 13.9. The Bertz CT molecular complexity index is 516. The maximum Gasteiger partial charge on any atom is 0.243 e. The van der Waals surface area contributed by atoms with E-state index in [2.05, 4.69) is 34.4 Å². The standard InChI is InChI=1S/C22H43N5O2.HI/c1-22(2,19-9-6-5-7-10-19)18-25-21(24-17-20(28)26(3)4)23-11-8-12-27-13-15-29-16-14-27;/h19H,5-18H2,1-4H3,(H2,23,24,25);1H. The molecule has 2 aliphatic rings. The Kier molecular flexibility index (Phi) is 13.2. The van der Waals surface area contributed by atoms with Gasteiger partial charge in [0.15, 0.2) is 5.96 Å². The molecule has 0 bridgehead atoms. The summed E-state index contributed by atoms with van der Waals surface area (Å²) in [6, 6.07) is 0. The van der Waals surface area contributed by atoms with Crippen LogP contribution in [0.25, 0.3) is 0 Å². The molecule has 1 saturated carbocycles. The number of nitrogens with one attached hydrogen (secondary N) is 2. The summed E-state index contributed by atoms with van der Waals surface area (Å²) in [7, 11) is 3.54. The van der Waals surface area contributed by atoms with Gasteiger partial charge >= 0.3 is 0 Å². The number of halogens is 1. The van der Waals surface area contributed by atoms with Crippen molar-refractivity contribution in [1.82, 2.24) is 20.4 Å². The van der Waals surface area contributed by atoms with Crippen LogP contribution in [0.1, 0.15) is 52.4 Å².